The molecule has 0 unspecified atom stereocenters. The first-order valence-electron chi connectivity index (χ1n) is 8.34. The summed E-state index contributed by atoms with van der Waals surface area (Å²) in [6.07, 6.45) is 2.55. The fourth-order valence-electron chi connectivity index (χ4n) is 2.77. The van der Waals surface area contributed by atoms with Gasteiger partial charge in [-0.2, -0.15) is 0 Å². The topological polar surface area (TPSA) is 66.9 Å². The standard InChI is InChI=1S/C20H21N3O2/c1-15(14-16-8-3-2-4-9-16)19(24)21-12-7-13-23-18-11-6-5-10-17(18)22-20(23)25/h2-6,8-11,14H,7,12-13H2,1H3,(H,21,24)(H,22,25)/b15-14+. The molecule has 0 saturated heterocycles. The first-order valence-corrected chi connectivity index (χ1v) is 8.34. The van der Waals surface area contributed by atoms with Gasteiger partial charge in [0.2, 0.25) is 5.91 Å². The highest BCUT2D eigenvalue weighted by molar-refractivity contribution is 5.97. The maximum Gasteiger partial charge on any atom is 0.326 e. The van der Waals surface area contributed by atoms with Crippen LogP contribution in [0.15, 0.2) is 65.0 Å². The van der Waals surface area contributed by atoms with Crippen LogP contribution in [0, 0.1) is 0 Å². The van der Waals surface area contributed by atoms with Crippen LogP contribution in [0.25, 0.3) is 17.1 Å². The van der Waals surface area contributed by atoms with Gasteiger partial charge in [-0.15, -0.1) is 0 Å². The smallest absolute Gasteiger partial charge is 0.326 e. The fraction of sp³-hybridized carbons (Fsp3) is 0.200. The van der Waals surface area contributed by atoms with E-state index in [1.54, 1.807) is 11.5 Å². The molecule has 0 aliphatic carbocycles. The number of H-pyrrole nitrogens is 1. The fourth-order valence-corrected chi connectivity index (χ4v) is 2.77. The van der Waals surface area contributed by atoms with Crippen molar-refractivity contribution in [1.82, 2.24) is 14.9 Å². The van der Waals surface area contributed by atoms with E-state index in [4.69, 9.17) is 0 Å². The Morgan fingerprint density at radius 3 is 2.64 bits per heavy atom. The molecule has 5 nitrogen and oxygen atoms in total. The first-order chi connectivity index (χ1) is 12.1. The number of aryl methyl sites for hydroxylation is 1. The number of rotatable bonds is 6. The molecule has 3 rings (SSSR count). The van der Waals surface area contributed by atoms with E-state index in [2.05, 4.69) is 10.3 Å². The molecular formula is C20H21N3O2. The Kier molecular flexibility index (Phi) is 5.14. The number of benzene rings is 2. The van der Waals surface area contributed by atoms with E-state index in [0.29, 0.717) is 25.1 Å². The zero-order valence-electron chi connectivity index (χ0n) is 14.2. The predicted molar refractivity (Wildman–Crippen MR) is 100 cm³/mol. The molecule has 0 aliphatic heterocycles. The molecule has 0 fully saturated rings. The number of nitrogens with zero attached hydrogens (tertiary/aromatic N) is 1. The number of hydrogen-bond acceptors (Lipinski definition) is 2. The minimum absolute atomic E-state index is 0.0878. The lowest BCUT2D eigenvalue weighted by Gasteiger charge is -2.07. The molecule has 128 valence electrons. The van der Waals surface area contributed by atoms with Crippen LogP contribution in [-0.2, 0) is 11.3 Å². The highest BCUT2D eigenvalue weighted by atomic mass is 16.2. The average Bonchev–Trinajstić information content (AvgIpc) is 2.94. The number of aromatic amines is 1. The Balaban J connectivity index is 1.54. The monoisotopic (exact) mass is 335 g/mol. The van der Waals surface area contributed by atoms with Crippen LogP contribution in [0.2, 0.25) is 0 Å². The van der Waals surface area contributed by atoms with E-state index in [1.807, 2.05) is 60.7 Å². The van der Waals surface area contributed by atoms with Gasteiger partial charge in [0.15, 0.2) is 0 Å². The van der Waals surface area contributed by atoms with Crippen LogP contribution in [0.4, 0.5) is 0 Å². The molecule has 1 amide bonds. The molecule has 2 aromatic carbocycles. The molecule has 0 atom stereocenters. The highest BCUT2D eigenvalue weighted by Gasteiger charge is 2.06. The van der Waals surface area contributed by atoms with E-state index in [1.165, 1.54) is 0 Å². The third-order valence-electron chi connectivity index (χ3n) is 4.07. The van der Waals surface area contributed by atoms with Crippen molar-refractivity contribution in [2.75, 3.05) is 6.54 Å². The summed E-state index contributed by atoms with van der Waals surface area (Å²) in [4.78, 5) is 27.0. The average molecular weight is 335 g/mol. The molecule has 0 saturated carbocycles. The molecule has 0 bridgehead atoms. The van der Waals surface area contributed by atoms with Crippen molar-refractivity contribution in [2.45, 2.75) is 19.9 Å². The third kappa shape index (κ3) is 4.07. The molecule has 3 aromatic rings. The molecule has 1 heterocycles. The van der Waals surface area contributed by atoms with E-state index >= 15 is 0 Å². The number of carbonyl (C=O) groups is 1. The van der Waals surface area contributed by atoms with Gasteiger partial charge >= 0.3 is 5.69 Å². The molecule has 2 N–H and O–H groups in total. The summed E-state index contributed by atoms with van der Waals surface area (Å²) in [5.41, 5.74) is 3.26. The minimum Gasteiger partial charge on any atom is -0.352 e. The zero-order chi connectivity index (χ0) is 17.6. The van der Waals surface area contributed by atoms with Gasteiger partial charge in [-0.05, 0) is 37.1 Å². The van der Waals surface area contributed by atoms with Crippen molar-refractivity contribution in [3.05, 3.63) is 76.2 Å². The lowest BCUT2D eigenvalue weighted by Crippen LogP contribution is -2.27. The van der Waals surface area contributed by atoms with E-state index in [0.717, 1.165) is 16.6 Å². The Bertz CT molecular complexity index is 952. The Morgan fingerprint density at radius 1 is 1.12 bits per heavy atom. The van der Waals surface area contributed by atoms with Crippen LogP contribution in [0.1, 0.15) is 18.9 Å². The van der Waals surface area contributed by atoms with Gasteiger partial charge in [-0.25, -0.2) is 4.79 Å². The summed E-state index contributed by atoms with van der Waals surface area (Å²) in [5.74, 6) is -0.0878. The Hall–Kier alpha value is -3.08. The van der Waals surface area contributed by atoms with Crippen molar-refractivity contribution < 1.29 is 4.79 Å². The van der Waals surface area contributed by atoms with Crippen LogP contribution in [0.5, 0.6) is 0 Å². The number of amides is 1. The Labute approximate surface area is 146 Å². The molecule has 25 heavy (non-hydrogen) atoms. The minimum atomic E-state index is -0.118. The summed E-state index contributed by atoms with van der Waals surface area (Å²) in [6, 6.07) is 17.3. The number of hydrogen-bond donors (Lipinski definition) is 2. The van der Waals surface area contributed by atoms with Gasteiger partial charge in [0.25, 0.3) is 0 Å². The van der Waals surface area contributed by atoms with E-state index in [-0.39, 0.29) is 11.6 Å². The van der Waals surface area contributed by atoms with Gasteiger partial charge in [-0.1, -0.05) is 42.5 Å². The second kappa shape index (κ2) is 7.66. The molecular weight excluding hydrogens is 314 g/mol. The van der Waals surface area contributed by atoms with Crippen molar-refractivity contribution in [1.29, 1.82) is 0 Å². The number of aromatic nitrogens is 2. The van der Waals surface area contributed by atoms with E-state index < -0.39 is 0 Å². The van der Waals surface area contributed by atoms with Gasteiger partial charge in [-0.3, -0.25) is 9.36 Å². The largest absolute Gasteiger partial charge is 0.352 e. The summed E-state index contributed by atoms with van der Waals surface area (Å²) in [5, 5.41) is 2.90. The van der Waals surface area contributed by atoms with Crippen molar-refractivity contribution in [2.24, 2.45) is 0 Å². The summed E-state index contributed by atoms with van der Waals surface area (Å²) in [6.45, 7) is 2.88. The second-order valence-corrected chi connectivity index (χ2v) is 5.95. The van der Waals surface area contributed by atoms with Crippen LogP contribution in [-0.4, -0.2) is 22.0 Å². The zero-order valence-corrected chi connectivity index (χ0v) is 14.2. The van der Waals surface area contributed by atoms with Crippen LogP contribution < -0.4 is 11.0 Å². The molecule has 1 aromatic heterocycles. The van der Waals surface area contributed by atoms with Crippen LogP contribution >= 0.6 is 0 Å². The third-order valence-corrected chi connectivity index (χ3v) is 4.07. The van der Waals surface area contributed by atoms with E-state index in [9.17, 15) is 9.59 Å². The Morgan fingerprint density at radius 2 is 1.84 bits per heavy atom. The summed E-state index contributed by atoms with van der Waals surface area (Å²) in [7, 11) is 0. The maximum atomic E-state index is 12.1. The van der Waals surface area contributed by atoms with Crippen LogP contribution in [0.3, 0.4) is 0 Å². The maximum absolute atomic E-state index is 12.1. The number of para-hydroxylation sites is 2. The number of carbonyl (C=O) groups excluding carboxylic acids is 1. The van der Waals surface area contributed by atoms with Gasteiger partial charge in [0.1, 0.15) is 0 Å². The predicted octanol–water partition coefficient (Wildman–Crippen LogP) is 2.94. The van der Waals surface area contributed by atoms with Gasteiger partial charge in [0.05, 0.1) is 11.0 Å². The number of imidazole rings is 1. The molecule has 5 heteroatoms. The first kappa shape index (κ1) is 16.8. The molecule has 0 radical (unpaired) electrons. The summed E-state index contributed by atoms with van der Waals surface area (Å²) < 4.78 is 1.70. The quantitative estimate of drug-likeness (QED) is 0.537. The van der Waals surface area contributed by atoms with Gasteiger partial charge in [0, 0.05) is 18.7 Å². The second-order valence-electron chi connectivity index (χ2n) is 5.95. The molecule has 0 aliphatic rings. The van der Waals surface area contributed by atoms with Crippen molar-refractivity contribution in [3.63, 3.8) is 0 Å². The van der Waals surface area contributed by atoms with Crippen molar-refractivity contribution >= 4 is 23.0 Å². The normalized spacial score (nSPS) is 11.6. The lowest BCUT2D eigenvalue weighted by molar-refractivity contribution is -0.117. The highest BCUT2D eigenvalue weighted by Crippen LogP contribution is 2.09. The number of fused-ring (bicyclic) bond motifs is 1. The van der Waals surface area contributed by atoms with Crippen molar-refractivity contribution in [3.8, 4) is 0 Å². The SMILES string of the molecule is C/C(=C\c1ccccc1)C(=O)NCCCn1c(=O)[nH]c2ccccc21. The van der Waals surface area contributed by atoms with Gasteiger partial charge < -0.3 is 10.3 Å². The summed E-state index contributed by atoms with van der Waals surface area (Å²) >= 11 is 0. The molecule has 0 spiro atoms. The lowest BCUT2D eigenvalue weighted by atomic mass is 10.1. The number of nitrogens with one attached hydrogen (secondary N) is 2.